The molecule has 1 atom stereocenters. The molecule has 0 saturated heterocycles. The SMILES string of the molecule is CC(=O)/C=C1/CC(C)CC(C)(C)C1. The van der Waals surface area contributed by atoms with Crippen molar-refractivity contribution in [3.8, 4) is 0 Å². The van der Waals surface area contributed by atoms with Crippen LogP contribution in [0.4, 0.5) is 0 Å². The molecule has 0 aromatic rings. The van der Waals surface area contributed by atoms with Gasteiger partial charge in [0.05, 0.1) is 0 Å². The maximum atomic E-state index is 11.0. The van der Waals surface area contributed by atoms with Crippen molar-refractivity contribution in [1.82, 2.24) is 0 Å². The van der Waals surface area contributed by atoms with Crippen LogP contribution >= 0.6 is 0 Å². The fourth-order valence-corrected chi connectivity index (χ4v) is 2.62. The Kier molecular flexibility index (Phi) is 2.94. The zero-order valence-electron chi connectivity index (χ0n) is 9.18. The lowest BCUT2D eigenvalue weighted by atomic mass is 9.70. The Bertz CT molecular complexity index is 236. The molecule has 0 radical (unpaired) electrons. The highest BCUT2D eigenvalue weighted by Crippen LogP contribution is 2.41. The quantitative estimate of drug-likeness (QED) is 0.565. The summed E-state index contributed by atoms with van der Waals surface area (Å²) in [5, 5.41) is 0. The maximum Gasteiger partial charge on any atom is 0.152 e. The summed E-state index contributed by atoms with van der Waals surface area (Å²) in [5.74, 6) is 0.925. The monoisotopic (exact) mass is 180 g/mol. The largest absolute Gasteiger partial charge is 0.295 e. The molecule has 1 aliphatic carbocycles. The number of carbonyl (C=O) groups is 1. The van der Waals surface area contributed by atoms with E-state index in [0.717, 1.165) is 18.8 Å². The van der Waals surface area contributed by atoms with Crippen LogP contribution in [0.25, 0.3) is 0 Å². The van der Waals surface area contributed by atoms with Crippen molar-refractivity contribution in [1.29, 1.82) is 0 Å². The first-order valence-electron chi connectivity index (χ1n) is 5.09. The zero-order chi connectivity index (χ0) is 10.1. The van der Waals surface area contributed by atoms with Crippen molar-refractivity contribution in [3.63, 3.8) is 0 Å². The van der Waals surface area contributed by atoms with Gasteiger partial charge in [0.1, 0.15) is 0 Å². The molecule has 0 heterocycles. The van der Waals surface area contributed by atoms with Crippen LogP contribution in [0.15, 0.2) is 11.6 Å². The second kappa shape index (κ2) is 3.65. The van der Waals surface area contributed by atoms with Crippen LogP contribution in [0.2, 0.25) is 0 Å². The molecule has 1 aliphatic rings. The molecule has 1 rings (SSSR count). The Morgan fingerprint density at radius 1 is 1.54 bits per heavy atom. The summed E-state index contributed by atoms with van der Waals surface area (Å²) >= 11 is 0. The van der Waals surface area contributed by atoms with Gasteiger partial charge < -0.3 is 0 Å². The van der Waals surface area contributed by atoms with E-state index < -0.39 is 0 Å². The molecule has 0 aromatic heterocycles. The molecular formula is C12H20O. The van der Waals surface area contributed by atoms with Gasteiger partial charge in [-0.05, 0) is 43.6 Å². The number of hydrogen-bond acceptors (Lipinski definition) is 1. The standard InChI is InChI=1S/C12H20O/c1-9-5-11(6-10(2)13)8-12(3,4)7-9/h6,9H,5,7-8H2,1-4H3/b11-6-. The highest BCUT2D eigenvalue weighted by Gasteiger charge is 2.28. The van der Waals surface area contributed by atoms with Gasteiger partial charge in [0.2, 0.25) is 0 Å². The van der Waals surface area contributed by atoms with Crippen molar-refractivity contribution >= 4 is 5.78 Å². The highest BCUT2D eigenvalue weighted by molar-refractivity contribution is 5.87. The fourth-order valence-electron chi connectivity index (χ4n) is 2.62. The van der Waals surface area contributed by atoms with E-state index in [9.17, 15) is 4.79 Å². The molecule has 1 heteroatoms. The van der Waals surface area contributed by atoms with Gasteiger partial charge in [-0.1, -0.05) is 26.3 Å². The lowest BCUT2D eigenvalue weighted by Crippen LogP contribution is -2.22. The summed E-state index contributed by atoms with van der Waals surface area (Å²) < 4.78 is 0. The Balaban J connectivity index is 2.74. The second-order valence-corrected chi connectivity index (χ2v) is 5.27. The van der Waals surface area contributed by atoms with E-state index in [1.54, 1.807) is 6.92 Å². The van der Waals surface area contributed by atoms with Gasteiger partial charge in [-0.15, -0.1) is 0 Å². The average molecular weight is 180 g/mol. The molecule has 0 aliphatic heterocycles. The third kappa shape index (κ3) is 3.33. The summed E-state index contributed by atoms with van der Waals surface area (Å²) in [6, 6.07) is 0. The third-order valence-electron chi connectivity index (χ3n) is 2.62. The van der Waals surface area contributed by atoms with Gasteiger partial charge in [-0.3, -0.25) is 4.79 Å². The van der Waals surface area contributed by atoms with Crippen LogP contribution in [0.5, 0.6) is 0 Å². The average Bonchev–Trinajstić information content (AvgIpc) is 1.78. The van der Waals surface area contributed by atoms with Crippen molar-refractivity contribution < 1.29 is 4.79 Å². The van der Waals surface area contributed by atoms with Crippen LogP contribution in [0.3, 0.4) is 0 Å². The Morgan fingerprint density at radius 2 is 2.15 bits per heavy atom. The number of carbonyl (C=O) groups excluding carboxylic acids is 1. The van der Waals surface area contributed by atoms with Gasteiger partial charge in [0.25, 0.3) is 0 Å². The van der Waals surface area contributed by atoms with Crippen molar-refractivity contribution in [3.05, 3.63) is 11.6 Å². The molecular weight excluding hydrogens is 160 g/mol. The van der Waals surface area contributed by atoms with Gasteiger partial charge in [0, 0.05) is 0 Å². The van der Waals surface area contributed by atoms with Crippen LogP contribution in [-0.2, 0) is 4.79 Å². The lowest BCUT2D eigenvalue weighted by Gasteiger charge is -2.35. The predicted octanol–water partition coefficient (Wildman–Crippen LogP) is 3.35. The molecule has 0 bridgehead atoms. The summed E-state index contributed by atoms with van der Waals surface area (Å²) in [7, 11) is 0. The second-order valence-electron chi connectivity index (χ2n) is 5.27. The summed E-state index contributed by atoms with van der Waals surface area (Å²) in [5.41, 5.74) is 1.73. The molecule has 13 heavy (non-hydrogen) atoms. The summed E-state index contributed by atoms with van der Waals surface area (Å²) in [6.45, 7) is 8.49. The molecule has 1 unspecified atom stereocenters. The number of rotatable bonds is 1. The summed E-state index contributed by atoms with van der Waals surface area (Å²) in [4.78, 5) is 11.0. The van der Waals surface area contributed by atoms with E-state index in [0.29, 0.717) is 5.41 Å². The number of ketones is 1. The maximum absolute atomic E-state index is 11.0. The van der Waals surface area contributed by atoms with Crippen LogP contribution < -0.4 is 0 Å². The minimum absolute atomic E-state index is 0.194. The molecule has 0 spiro atoms. The highest BCUT2D eigenvalue weighted by atomic mass is 16.1. The van der Waals surface area contributed by atoms with E-state index in [-0.39, 0.29) is 5.78 Å². The molecule has 1 nitrogen and oxygen atoms in total. The minimum Gasteiger partial charge on any atom is -0.295 e. The lowest BCUT2D eigenvalue weighted by molar-refractivity contribution is -0.112. The molecule has 0 amide bonds. The van der Waals surface area contributed by atoms with E-state index >= 15 is 0 Å². The van der Waals surface area contributed by atoms with E-state index in [4.69, 9.17) is 0 Å². The van der Waals surface area contributed by atoms with Gasteiger partial charge in [-0.25, -0.2) is 0 Å². The van der Waals surface area contributed by atoms with Crippen LogP contribution in [-0.4, -0.2) is 5.78 Å². The minimum atomic E-state index is 0.194. The molecule has 0 N–H and O–H groups in total. The van der Waals surface area contributed by atoms with Crippen molar-refractivity contribution in [2.45, 2.75) is 47.0 Å². The van der Waals surface area contributed by atoms with Gasteiger partial charge in [-0.2, -0.15) is 0 Å². The van der Waals surface area contributed by atoms with Gasteiger partial charge in [0.15, 0.2) is 5.78 Å². The van der Waals surface area contributed by atoms with Crippen molar-refractivity contribution in [2.75, 3.05) is 0 Å². The smallest absolute Gasteiger partial charge is 0.152 e. The number of allylic oxidation sites excluding steroid dienone is 2. The molecule has 0 aromatic carbocycles. The first-order chi connectivity index (χ1) is 5.89. The van der Waals surface area contributed by atoms with E-state index in [2.05, 4.69) is 20.8 Å². The first kappa shape index (κ1) is 10.5. The molecule has 1 fully saturated rings. The Morgan fingerprint density at radius 3 is 2.62 bits per heavy atom. The van der Waals surface area contributed by atoms with Crippen molar-refractivity contribution in [2.24, 2.45) is 11.3 Å². The topological polar surface area (TPSA) is 17.1 Å². The molecule has 1 saturated carbocycles. The molecule has 74 valence electrons. The zero-order valence-corrected chi connectivity index (χ0v) is 9.18. The van der Waals surface area contributed by atoms with Crippen LogP contribution in [0, 0.1) is 11.3 Å². The van der Waals surface area contributed by atoms with Crippen LogP contribution in [0.1, 0.15) is 47.0 Å². The summed E-state index contributed by atoms with van der Waals surface area (Å²) in [6.07, 6.45) is 5.32. The third-order valence-corrected chi connectivity index (χ3v) is 2.62. The van der Waals surface area contributed by atoms with E-state index in [1.165, 1.54) is 12.0 Å². The Hall–Kier alpha value is -0.590. The normalized spacial score (nSPS) is 30.5. The van der Waals surface area contributed by atoms with E-state index in [1.807, 2.05) is 6.08 Å². The first-order valence-corrected chi connectivity index (χ1v) is 5.09. The fraction of sp³-hybridized carbons (Fsp3) is 0.750. The Labute approximate surface area is 81.2 Å². The van der Waals surface area contributed by atoms with Gasteiger partial charge >= 0.3 is 0 Å². The number of hydrogen-bond donors (Lipinski definition) is 0. The predicted molar refractivity (Wildman–Crippen MR) is 55.6 cm³/mol.